The number of rotatable bonds is 3. The van der Waals surface area contributed by atoms with E-state index >= 15 is 0 Å². The van der Waals surface area contributed by atoms with Gasteiger partial charge in [0.1, 0.15) is 22.0 Å². The Morgan fingerprint density at radius 1 is 1.32 bits per heavy atom. The molecule has 0 atom stereocenters. The van der Waals surface area contributed by atoms with E-state index in [1.165, 1.54) is 0 Å². The molecule has 0 aliphatic carbocycles. The number of hydrogen-bond donors (Lipinski definition) is 0. The molecule has 0 bridgehead atoms. The highest BCUT2D eigenvalue weighted by molar-refractivity contribution is 7.10. The molecule has 19 heavy (non-hydrogen) atoms. The number of aryl methyl sites for hydroxylation is 1. The summed E-state index contributed by atoms with van der Waals surface area (Å²) in [7, 11) is 1.73. The highest BCUT2D eigenvalue weighted by atomic mass is 32.1. The monoisotopic (exact) mass is 281 g/mol. The van der Waals surface area contributed by atoms with Crippen molar-refractivity contribution in [1.82, 2.24) is 15.3 Å². The Hall–Kier alpha value is -1.31. The lowest BCUT2D eigenvalue weighted by atomic mass is 9.95. The Balaban J connectivity index is 1.94. The molecule has 1 fully saturated rings. The van der Waals surface area contributed by atoms with Gasteiger partial charge in [0.2, 0.25) is 0 Å². The number of methoxy groups -OCH3 is 1. The predicted molar refractivity (Wildman–Crippen MR) is 68.9 cm³/mol. The van der Waals surface area contributed by atoms with E-state index in [9.17, 15) is 0 Å². The molecule has 0 spiro atoms. The second kappa shape index (κ2) is 4.99. The summed E-state index contributed by atoms with van der Waals surface area (Å²) in [5, 5.41) is 10.6. The quantitative estimate of drug-likeness (QED) is 0.858. The predicted octanol–water partition coefficient (Wildman–Crippen LogP) is 2.15. The van der Waals surface area contributed by atoms with Crippen LogP contribution in [0.15, 0.2) is 10.0 Å². The summed E-state index contributed by atoms with van der Waals surface area (Å²) in [6.45, 7) is 3.26. The number of ether oxygens (including phenoxy) is 2. The molecule has 102 valence electrons. The third kappa shape index (κ3) is 2.18. The zero-order valence-corrected chi connectivity index (χ0v) is 11.7. The van der Waals surface area contributed by atoms with Crippen LogP contribution in [0, 0.1) is 6.92 Å². The van der Waals surface area contributed by atoms with Gasteiger partial charge in [-0.1, -0.05) is 5.16 Å². The minimum Gasteiger partial charge on any atom is -0.381 e. The van der Waals surface area contributed by atoms with Crippen molar-refractivity contribution in [3.63, 3.8) is 0 Å². The largest absolute Gasteiger partial charge is 0.381 e. The van der Waals surface area contributed by atoms with Crippen LogP contribution >= 0.6 is 11.3 Å². The molecule has 0 amide bonds. The van der Waals surface area contributed by atoms with Gasteiger partial charge in [-0.15, -0.1) is 11.3 Å². The summed E-state index contributed by atoms with van der Waals surface area (Å²) in [6, 6.07) is 0. The highest BCUT2D eigenvalue weighted by Crippen LogP contribution is 2.38. The van der Waals surface area contributed by atoms with Gasteiger partial charge in [0.05, 0.1) is 0 Å². The van der Waals surface area contributed by atoms with E-state index in [0.717, 1.165) is 29.2 Å². The molecule has 0 unspecified atom stereocenters. The van der Waals surface area contributed by atoms with Crippen LogP contribution in [0.25, 0.3) is 11.4 Å². The minimum absolute atomic E-state index is 0.327. The molecule has 0 N–H and O–H groups in total. The van der Waals surface area contributed by atoms with Crippen molar-refractivity contribution in [3.8, 4) is 11.4 Å². The van der Waals surface area contributed by atoms with Crippen molar-refractivity contribution in [2.45, 2.75) is 25.4 Å². The molecule has 0 aromatic carbocycles. The third-order valence-corrected chi connectivity index (χ3v) is 4.51. The molecular formula is C12H15N3O3S. The van der Waals surface area contributed by atoms with Crippen molar-refractivity contribution in [3.05, 3.63) is 16.1 Å². The van der Waals surface area contributed by atoms with Gasteiger partial charge in [-0.3, -0.25) is 0 Å². The van der Waals surface area contributed by atoms with Gasteiger partial charge in [0.25, 0.3) is 0 Å². The third-order valence-electron chi connectivity index (χ3n) is 3.48. The van der Waals surface area contributed by atoms with Crippen LogP contribution in [0.1, 0.15) is 23.5 Å². The summed E-state index contributed by atoms with van der Waals surface area (Å²) < 4.78 is 15.9. The first kappa shape index (κ1) is 12.7. The van der Waals surface area contributed by atoms with E-state index in [1.807, 2.05) is 12.3 Å². The highest BCUT2D eigenvalue weighted by Gasteiger charge is 2.37. The molecule has 3 rings (SSSR count). The zero-order chi connectivity index (χ0) is 13.3. The number of hydrogen-bond acceptors (Lipinski definition) is 7. The van der Waals surface area contributed by atoms with E-state index in [-0.39, 0.29) is 5.60 Å². The minimum atomic E-state index is -0.327. The maximum absolute atomic E-state index is 5.73. The van der Waals surface area contributed by atoms with Crippen LogP contribution in [-0.2, 0) is 15.1 Å². The van der Waals surface area contributed by atoms with Crippen LogP contribution < -0.4 is 0 Å². The lowest BCUT2D eigenvalue weighted by Gasteiger charge is -2.33. The topological polar surface area (TPSA) is 70.3 Å². The van der Waals surface area contributed by atoms with E-state index in [0.29, 0.717) is 18.9 Å². The maximum Gasteiger partial charge on any atom is 0.157 e. The summed E-state index contributed by atoms with van der Waals surface area (Å²) in [5.41, 5.74) is 1.91. The normalized spacial score (nSPS) is 18.6. The standard InChI is InChI=1S/C12H15N3O3S/c1-8-10(15-18-14-8)9-7-19-11(13-9)12(16-2)3-5-17-6-4-12/h7H,3-6H2,1-2H3. The SMILES string of the molecule is COC1(c2nc(-c3nonc3C)cs2)CCOCC1. The Kier molecular flexibility index (Phi) is 3.34. The fraction of sp³-hybridized carbons (Fsp3) is 0.583. The maximum atomic E-state index is 5.73. The molecule has 0 saturated carbocycles. The molecule has 7 heteroatoms. The van der Waals surface area contributed by atoms with Gasteiger partial charge < -0.3 is 9.47 Å². The molecule has 3 heterocycles. The molecule has 2 aromatic heterocycles. The fourth-order valence-electron chi connectivity index (χ4n) is 2.26. The summed E-state index contributed by atoms with van der Waals surface area (Å²) >= 11 is 1.59. The zero-order valence-electron chi connectivity index (χ0n) is 10.9. The number of thiazole rings is 1. The molecule has 0 radical (unpaired) electrons. The van der Waals surface area contributed by atoms with E-state index in [4.69, 9.17) is 14.1 Å². The van der Waals surface area contributed by atoms with Crippen molar-refractivity contribution in [2.75, 3.05) is 20.3 Å². The molecule has 6 nitrogen and oxygen atoms in total. The van der Waals surface area contributed by atoms with Crippen LogP contribution in [0.2, 0.25) is 0 Å². The van der Waals surface area contributed by atoms with E-state index < -0.39 is 0 Å². The summed E-state index contributed by atoms with van der Waals surface area (Å²) in [5.74, 6) is 0. The van der Waals surface area contributed by atoms with Crippen molar-refractivity contribution < 1.29 is 14.1 Å². The average molecular weight is 281 g/mol. The summed E-state index contributed by atoms with van der Waals surface area (Å²) in [6.07, 6.45) is 1.65. The van der Waals surface area contributed by atoms with Crippen molar-refractivity contribution >= 4 is 11.3 Å². The number of nitrogens with zero attached hydrogens (tertiary/aromatic N) is 3. The summed E-state index contributed by atoms with van der Waals surface area (Å²) in [4.78, 5) is 4.66. The van der Waals surface area contributed by atoms with Crippen LogP contribution in [0.4, 0.5) is 0 Å². The number of aromatic nitrogens is 3. The smallest absolute Gasteiger partial charge is 0.157 e. The van der Waals surface area contributed by atoms with Gasteiger partial charge in [-0.05, 0) is 12.1 Å². The van der Waals surface area contributed by atoms with Gasteiger partial charge in [-0.2, -0.15) is 0 Å². The van der Waals surface area contributed by atoms with Crippen LogP contribution in [0.3, 0.4) is 0 Å². The Bertz CT molecular complexity index is 560. The first-order chi connectivity index (χ1) is 9.25. The lowest BCUT2D eigenvalue weighted by Crippen LogP contribution is -2.35. The van der Waals surface area contributed by atoms with Gasteiger partial charge >= 0.3 is 0 Å². The Labute approximate surface area is 114 Å². The van der Waals surface area contributed by atoms with Gasteiger partial charge in [0, 0.05) is 38.5 Å². The van der Waals surface area contributed by atoms with Crippen molar-refractivity contribution in [2.24, 2.45) is 0 Å². The van der Waals surface area contributed by atoms with Crippen molar-refractivity contribution in [1.29, 1.82) is 0 Å². The molecule has 2 aromatic rings. The fourth-order valence-corrected chi connectivity index (χ4v) is 3.30. The van der Waals surface area contributed by atoms with Gasteiger partial charge in [0.15, 0.2) is 5.69 Å². The van der Waals surface area contributed by atoms with Gasteiger partial charge in [-0.25, -0.2) is 9.61 Å². The molecule has 1 aliphatic rings. The first-order valence-electron chi connectivity index (χ1n) is 6.13. The Morgan fingerprint density at radius 2 is 2.11 bits per heavy atom. The Morgan fingerprint density at radius 3 is 2.74 bits per heavy atom. The molecule has 1 aliphatic heterocycles. The first-order valence-corrected chi connectivity index (χ1v) is 7.01. The molecule has 1 saturated heterocycles. The van der Waals surface area contributed by atoms with E-state index in [1.54, 1.807) is 18.4 Å². The molecular weight excluding hydrogens is 266 g/mol. The van der Waals surface area contributed by atoms with Crippen LogP contribution in [-0.4, -0.2) is 35.6 Å². The second-order valence-corrected chi connectivity index (χ2v) is 5.41. The van der Waals surface area contributed by atoms with E-state index in [2.05, 4.69) is 15.3 Å². The second-order valence-electron chi connectivity index (χ2n) is 4.55. The van der Waals surface area contributed by atoms with Crippen LogP contribution in [0.5, 0.6) is 0 Å². The average Bonchev–Trinajstić information content (AvgIpc) is 3.08. The lowest BCUT2D eigenvalue weighted by molar-refractivity contribution is -0.0947.